The Morgan fingerprint density at radius 1 is 0.833 bits per heavy atom. The number of hydrogen-bond donors (Lipinski definition) is 0. The van der Waals surface area contributed by atoms with Crippen molar-refractivity contribution in [3.05, 3.63) is 36.4 Å². The van der Waals surface area contributed by atoms with E-state index in [2.05, 4.69) is 65.9 Å². The smallest absolute Gasteiger partial charge is 0.227 e. The lowest BCUT2D eigenvalue weighted by Crippen LogP contribution is -2.52. The monoisotopic (exact) mass is 493 g/mol. The highest BCUT2D eigenvalue weighted by Gasteiger charge is 2.32. The van der Waals surface area contributed by atoms with Gasteiger partial charge in [0.25, 0.3) is 0 Å². The summed E-state index contributed by atoms with van der Waals surface area (Å²) in [6, 6.07) is 12.3. The third-order valence-corrected chi connectivity index (χ3v) is 7.90. The average molecular weight is 494 g/mol. The minimum Gasteiger partial charge on any atom is -0.497 e. The molecule has 0 unspecified atom stereocenters. The molecule has 0 N–H and O–H groups in total. The van der Waals surface area contributed by atoms with Gasteiger partial charge in [0.15, 0.2) is 11.6 Å². The Morgan fingerprint density at radius 2 is 1.47 bits per heavy atom. The van der Waals surface area contributed by atoms with E-state index in [0.717, 1.165) is 102 Å². The minimum absolute atomic E-state index is 0.0230. The summed E-state index contributed by atoms with van der Waals surface area (Å²) in [4.78, 5) is 24.8. The molecular formula is C27H39N7O2. The van der Waals surface area contributed by atoms with E-state index in [1.165, 1.54) is 5.69 Å². The van der Waals surface area contributed by atoms with Crippen LogP contribution < -0.4 is 19.4 Å². The van der Waals surface area contributed by atoms with E-state index in [1.807, 2.05) is 12.1 Å². The molecule has 1 aromatic heterocycles. The zero-order valence-corrected chi connectivity index (χ0v) is 21.7. The Kier molecular flexibility index (Phi) is 7.75. The minimum atomic E-state index is 0.0230. The summed E-state index contributed by atoms with van der Waals surface area (Å²) < 4.78 is 5.27. The van der Waals surface area contributed by atoms with E-state index < -0.39 is 0 Å². The van der Waals surface area contributed by atoms with Crippen LogP contribution in [0.3, 0.4) is 0 Å². The largest absolute Gasteiger partial charge is 0.497 e. The van der Waals surface area contributed by atoms with E-state index >= 15 is 0 Å². The fourth-order valence-corrected chi connectivity index (χ4v) is 5.57. The van der Waals surface area contributed by atoms with Gasteiger partial charge >= 0.3 is 0 Å². The van der Waals surface area contributed by atoms with Crippen LogP contribution in [0.2, 0.25) is 0 Å². The number of piperazine rings is 2. The summed E-state index contributed by atoms with van der Waals surface area (Å²) in [5, 5.41) is 9.10. The molecule has 3 aliphatic heterocycles. The molecule has 9 nitrogen and oxygen atoms in total. The van der Waals surface area contributed by atoms with Crippen molar-refractivity contribution < 1.29 is 9.53 Å². The Hall–Kier alpha value is -3.07. The third kappa shape index (κ3) is 5.51. The fraction of sp³-hybridized carbons (Fsp3) is 0.593. The number of methoxy groups -OCH3 is 1. The predicted octanol–water partition coefficient (Wildman–Crippen LogP) is 2.19. The van der Waals surface area contributed by atoms with Gasteiger partial charge in [-0.1, -0.05) is 6.92 Å². The number of nitrogens with zero attached hydrogens (tertiary/aromatic N) is 7. The SMILES string of the molecule is CCN1CCN(c2ccc(N3CCC[C@@H](C(=O)N4CCN(c5ccc(OC)cc5)CC4)C3)nn2)CC1. The molecule has 0 spiro atoms. The number of piperidine rings is 1. The second-order valence-corrected chi connectivity index (χ2v) is 9.97. The van der Waals surface area contributed by atoms with Crippen LogP contribution in [-0.2, 0) is 4.79 Å². The van der Waals surface area contributed by atoms with Crippen molar-refractivity contribution in [2.75, 3.05) is 93.8 Å². The fourth-order valence-electron chi connectivity index (χ4n) is 5.57. The van der Waals surface area contributed by atoms with E-state index in [9.17, 15) is 4.79 Å². The van der Waals surface area contributed by atoms with Gasteiger partial charge in [0.2, 0.25) is 5.91 Å². The van der Waals surface area contributed by atoms with Gasteiger partial charge in [0, 0.05) is 71.1 Å². The molecule has 0 bridgehead atoms. The highest BCUT2D eigenvalue weighted by molar-refractivity contribution is 5.80. The van der Waals surface area contributed by atoms with Gasteiger partial charge in [-0.2, -0.15) is 0 Å². The van der Waals surface area contributed by atoms with Crippen molar-refractivity contribution in [3.8, 4) is 5.75 Å². The standard InChI is InChI=1S/C27H39N7O2/c1-3-30-13-15-32(16-14-30)25-10-11-26(29-28-25)34-12-4-5-22(21-34)27(35)33-19-17-31(18-20-33)23-6-8-24(36-2)9-7-23/h6-11,22H,3-5,12-21H2,1-2H3/t22-/m1/s1. The molecule has 4 heterocycles. The van der Waals surface area contributed by atoms with Gasteiger partial charge in [-0.3, -0.25) is 4.79 Å². The van der Waals surface area contributed by atoms with Crippen LogP contribution in [-0.4, -0.2) is 105 Å². The first-order chi connectivity index (χ1) is 17.6. The van der Waals surface area contributed by atoms with Crippen LogP contribution in [0, 0.1) is 5.92 Å². The van der Waals surface area contributed by atoms with Crippen molar-refractivity contribution in [1.29, 1.82) is 0 Å². The zero-order chi connectivity index (χ0) is 24.9. The molecule has 0 aliphatic carbocycles. The van der Waals surface area contributed by atoms with Gasteiger partial charge in [-0.05, 0) is 55.8 Å². The molecule has 5 rings (SSSR count). The van der Waals surface area contributed by atoms with Crippen molar-refractivity contribution in [2.45, 2.75) is 19.8 Å². The summed E-state index contributed by atoms with van der Waals surface area (Å²) in [6.07, 6.45) is 1.95. The first-order valence-electron chi connectivity index (χ1n) is 13.4. The van der Waals surface area contributed by atoms with Crippen molar-refractivity contribution >= 4 is 23.2 Å². The van der Waals surface area contributed by atoms with Crippen LogP contribution in [0.15, 0.2) is 36.4 Å². The molecule has 1 amide bonds. The van der Waals surface area contributed by atoms with Gasteiger partial charge in [-0.25, -0.2) is 0 Å². The summed E-state index contributed by atoms with van der Waals surface area (Å²) in [5.74, 6) is 3.01. The number of carbonyl (C=O) groups is 1. The van der Waals surface area contributed by atoms with E-state index in [0.29, 0.717) is 0 Å². The molecule has 36 heavy (non-hydrogen) atoms. The van der Waals surface area contributed by atoms with E-state index in [-0.39, 0.29) is 11.8 Å². The lowest BCUT2D eigenvalue weighted by atomic mass is 9.96. The number of benzene rings is 1. The molecule has 0 radical (unpaired) electrons. The van der Waals surface area contributed by atoms with Gasteiger partial charge in [-0.15, -0.1) is 10.2 Å². The van der Waals surface area contributed by atoms with E-state index in [4.69, 9.17) is 4.74 Å². The van der Waals surface area contributed by atoms with E-state index in [1.54, 1.807) is 7.11 Å². The molecule has 9 heteroatoms. The molecule has 3 aliphatic rings. The highest BCUT2D eigenvalue weighted by atomic mass is 16.5. The molecule has 1 aromatic carbocycles. The first kappa shape index (κ1) is 24.6. The predicted molar refractivity (Wildman–Crippen MR) is 143 cm³/mol. The summed E-state index contributed by atoms with van der Waals surface area (Å²) >= 11 is 0. The highest BCUT2D eigenvalue weighted by Crippen LogP contribution is 2.26. The van der Waals surface area contributed by atoms with Crippen LogP contribution in [0.4, 0.5) is 17.3 Å². The number of anilines is 3. The lowest BCUT2D eigenvalue weighted by molar-refractivity contribution is -0.136. The zero-order valence-electron chi connectivity index (χ0n) is 21.7. The summed E-state index contributed by atoms with van der Waals surface area (Å²) in [7, 11) is 1.68. The van der Waals surface area contributed by atoms with Crippen molar-refractivity contribution in [2.24, 2.45) is 5.92 Å². The molecule has 1 atom stereocenters. The Bertz CT molecular complexity index is 984. The van der Waals surface area contributed by atoms with Crippen molar-refractivity contribution in [3.63, 3.8) is 0 Å². The van der Waals surface area contributed by atoms with Crippen molar-refractivity contribution in [1.82, 2.24) is 20.0 Å². The summed E-state index contributed by atoms with van der Waals surface area (Å²) in [6.45, 7) is 12.3. The number of carbonyl (C=O) groups excluding carboxylic acids is 1. The third-order valence-electron chi connectivity index (χ3n) is 7.90. The number of hydrogen-bond acceptors (Lipinski definition) is 8. The van der Waals surface area contributed by atoms with Gasteiger partial charge < -0.3 is 29.2 Å². The second kappa shape index (κ2) is 11.3. The Morgan fingerprint density at radius 3 is 2.08 bits per heavy atom. The van der Waals surface area contributed by atoms with Crippen LogP contribution in [0.25, 0.3) is 0 Å². The first-order valence-corrected chi connectivity index (χ1v) is 13.4. The molecule has 3 fully saturated rings. The Balaban J connectivity index is 1.13. The van der Waals surface area contributed by atoms with Gasteiger partial charge in [0.05, 0.1) is 13.0 Å². The number of likely N-dealkylation sites (N-methyl/N-ethyl adjacent to an activating group) is 1. The van der Waals surface area contributed by atoms with Crippen LogP contribution in [0.5, 0.6) is 5.75 Å². The maximum absolute atomic E-state index is 13.4. The quantitative estimate of drug-likeness (QED) is 0.607. The lowest BCUT2D eigenvalue weighted by Gasteiger charge is -2.40. The number of aromatic nitrogens is 2. The molecule has 3 saturated heterocycles. The average Bonchev–Trinajstić information content (AvgIpc) is 2.97. The maximum Gasteiger partial charge on any atom is 0.227 e. The Labute approximate surface area is 214 Å². The molecular weight excluding hydrogens is 454 g/mol. The molecule has 0 saturated carbocycles. The number of amides is 1. The number of rotatable bonds is 6. The second-order valence-electron chi connectivity index (χ2n) is 9.97. The maximum atomic E-state index is 13.4. The topological polar surface area (TPSA) is 68.3 Å². The molecule has 2 aromatic rings. The molecule has 194 valence electrons. The summed E-state index contributed by atoms with van der Waals surface area (Å²) in [5.41, 5.74) is 1.18. The van der Waals surface area contributed by atoms with Gasteiger partial charge in [0.1, 0.15) is 5.75 Å². The normalized spacial score (nSPS) is 21.6. The number of ether oxygens (including phenoxy) is 1. The van der Waals surface area contributed by atoms with Crippen LogP contribution in [0.1, 0.15) is 19.8 Å². The van der Waals surface area contributed by atoms with Crippen LogP contribution >= 0.6 is 0 Å².